The van der Waals surface area contributed by atoms with Crippen LogP contribution < -0.4 is 0 Å². The Morgan fingerprint density at radius 1 is 1.12 bits per heavy atom. The molecule has 16 heavy (non-hydrogen) atoms. The van der Waals surface area contributed by atoms with Crippen molar-refractivity contribution in [3.05, 3.63) is 36.8 Å². The minimum atomic E-state index is -0.370. The first-order valence-corrected chi connectivity index (χ1v) is 4.72. The molecule has 0 fully saturated rings. The van der Waals surface area contributed by atoms with E-state index >= 15 is 0 Å². The molecule has 0 unspecified atom stereocenters. The summed E-state index contributed by atoms with van der Waals surface area (Å²) in [6.45, 7) is 0. The molecule has 0 spiro atoms. The van der Waals surface area contributed by atoms with Crippen molar-refractivity contribution in [2.45, 2.75) is 0 Å². The van der Waals surface area contributed by atoms with E-state index in [-0.39, 0.29) is 5.82 Å². The maximum atomic E-state index is 13.1. The molecular formula is C10H8FN5. The highest BCUT2D eigenvalue weighted by Gasteiger charge is 2.07. The molecule has 80 valence electrons. The summed E-state index contributed by atoms with van der Waals surface area (Å²) < 4.78 is 16.3. The fourth-order valence-corrected chi connectivity index (χ4v) is 1.56. The lowest BCUT2D eigenvalue weighted by Crippen LogP contribution is -1.91. The Bertz CT molecular complexity index is 654. The van der Waals surface area contributed by atoms with Crippen LogP contribution in [0.1, 0.15) is 0 Å². The first-order chi connectivity index (χ1) is 7.74. The Morgan fingerprint density at radius 3 is 2.75 bits per heavy atom. The molecule has 6 heteroatoms. The third-order valence-corrected chi connectivity index (χ3v) is 2.36. The number of hydrogen-bond acceptors (Lipinski definition) is 3. The monoisotopic (exact) mass is 217 g/mol. The van der Waals surface area contributed by atoms with Gasteiger partial charge >= 0.3 is 0 Å². The Labute approximate surface area is 90.2 Å². The molecule has 0 atom stereocenters. The summed E-state index contributed by atoms with van der Waals surface area (Å²) in [6, 6.07) is 0. The van der Waals surface area contributed by atoms with Crippen molar-refractivity contribution in [2.75, 3.05) is 0 Å². The zero-order chi connectivity index (χ0) is 11.1. The van der Waals surface area contributed by atoms with Gasteiger partial charge in [0.05, 0.1) is 30.5 Å². The number of aromatic nitrogens is 5. The van der Waals surface area contributed by atoms with E-state index in [2.05, 4.69) is 15.2 Å². The van der Waals surface area contributed by atoms with Gasteiger partial charge in [-0.15, -0.1) is 0 Å². The molecule has 0 aliphatic rings. The molecule has 3 aromatic heterocycles. The van der Waals surface area contributed by atoms with Gasteiger partial charge in [-0.3, -0.25) is 9.67 Å². The lowest BCUT2D eigenvalue weighted by atomic mass is 10.3. The zero-order valence-electron chi connectivity index (χ0n) is 8.50. The molecular weight excluding hydrogens is 209 g/mol. The number of aryl methyl sites for hydroxylation is 1. The summed E-state index contributed by atoms with van der Waals surface area (Å²) in [6.07, 6.45) is 7.85. The Morgan fingerprint density at radius 2 is 2.00 bits per heavy atom. The molecule has 3 rings (SSSR count). The molecule has 0 aliphatic heterocycles. The number of rotatable bonds is 1. The van der Waals surface area contributed by atoms with Crippen LogP contribution >= 0.6 is 0 Å². The molecule has 0 radical (unpaired) electrons. The van der Waals surface area contributed by atoms with Gasteiger partial charge < -0.3 is 0 Å². The van der Waals surface area contributed by atoms with Gasteiger partial charge in [-0.1, -0.05) is 0 Å². The Kier molecular flexibility index (Phi) is 1.76. The quantitative estimate of drug-likeness (QED) is 0.616. The van der Waals surface area contributed by atoms with Crippen LogP contribution in [0.3, 0.4) is 0 Å². The van der Waals surface area contributed by atoms with E-state index in [1.165, 1.54) is 16.9 Å². The fourth-order valence-electron chi connectivity index (χ4n) is 1.56. The van der Waals surface area contributed by atoms with Gasteiger partial charge in [-0.05, 0) is 0 Å². The maximum Gasteiger partial charge on any atom is 0.170 e. The third-order valence-electron chi connectivity index (χ3n) is 2.36. The van der Waals surface area contributed by atoms with E-state index in [1.807, 2.05) is 13.2 Å². The minimum Gasteiger partial charge on any atom is -0.275 e. The van der Waals surface area contributed by atoms with Gasteiger partial charge in [-0.2, -0.15) is 10.2 Å². The second-order valence-electron chi connectivity index (χ2n) is 3.50. The third kappa shape index (κ3) is 1.27. The molecule has 3 aromatic rings. The van der Waals surface area contributed by atoms with Crippen molar-refractivity contribution in [3.63, 3.8) is 0 Å². The van der Waals surface area contributed by atoms with Gasteiger partial charge in [0.25, 0.3) is 0 Å². The minimum absolute atomic E-state index is 0.368. The maximum absolute atomic E-state index is 13.1. The van der Waals surface area contributed by atoms with E-state index in [0.717, 1.165) is 5.56 Å². The molecule has 0 N–H and O–H groups in total. The fraction of sp³-hybridized carbons (Fsp3) is 0.100. The number of fused-ring (bicyclic) bond motifs is 1. The second-order valence-corrected chi connectivity index (χ2v) is 3.50. The lowest BCUT2D eigenvalue weighted by Gasteiger charge is -1.97. The van der Waals surface area contributed by atoms with Crippen LogP contribution in [0.2, 0.25) is 0 Å². The number of hydrogen-bond donors (Lipinski definition) is 0. The summed E-state index contributed by atoms with van der Waals surface area (Å²) in [5.41, 5.74) is 1.96. The van der Waals surface area contributed by atoms with Crippen molar-refractivity contribution in [2.24, 2.45) is 7.05 Å². The predicted molar refractivity (Wildman–Crippen MR) is 55.1 cm³/mol. The standard InChI is InChI=1S/C10H8FN5/c1-15-5-7(2-13-15)9-6-16-10(4-12-9)8(11)3-14-16/h2-6H,1H3. The van der Waals surface area contributed by atoms with Crippen LogP contribution in [0.15, 0.2) is 31.0 Å². The lowest BCUT2D eigenvalue weighted by molar-refractivity contribution is 0.638. The van der Waals surface area contributed by atoms with E-state index in [9.17, 15) is 4.39 Å². The highest BCUT2D eigenvalue weighted by molar-refractivity contribution is 5.58. The molecule has 0 aliphatic carbocycles. The second kappa shape index (κ2) is 3.13. The Balaban J connectivity index is 2.18. The number of nitrogens with zero attached hydrogens (tertiary/aromatic N) is 5. The SMILES string of the molecule is Cn1cc(-c2cn3ncc(F)c3cn2)cn1. The smallest absolute Gasteiger partial charge is 0.170 e. The van der Waals surface area contributed by atoms with E-state index in [0.29, 0.717) is 11.2 Å². The summed E-state index contributed by atoms with van der Waals surface area (Å²) in [5, 5.41) is 7.94. The van der Waals surface area contributed by atoms with Crippen LogP contribution in [-0.4, -0.2) is 24.4 Å². The molecule has 0 bridgehead atoms. The summed E-state index contributed by atoms with van der Waals surface area (Å²) in [7, 11) is 1.83. The van der Waals surface area contributed by atoms with Crippen LogP contribution in [0, 0.1) is 5.82 Å². The van der Waals surface area contributed by atoms with E-state index in [4.69, 9.17) is 0 Å². The molecule has 0 saturated heterocycles. The van der Waals surface area contributed by atoms with Gasteiger partial charge in [0, 0.05) is 18.8 Å². The zero-order valence-corrected chi connectivity index (χ0v) is 8.50. The summed E-state index contributed by atoms with van der Waals surface area (Å²) in [5.74, 6) is -0.370. The molecule has 0 aromatic carbocycles. The normalized spacial score (nSPS) is 11.1. The van der Waals surface area contributed by atoms with Crippen molar-refractivity contribution in [1.82, 2.24) is 24.4 Å². The number of halogens is 1. The van der Waals surface area contributed by atoms with Gasteiger partial charge in [0.15, 0.2) is 5.82 Å². The average Bonchev–Trinajstić information content (AvgIpc) is 2.86. The van der Waals surface area contributed by atoms with Gasteiger partial charge in [0.2, 0.25) is 0 Å². The largest absolute Gasteiger partial charge is 0.275 e. The summed E-state index contributed by atoms with van der Waals surface area (Å²) >= 11 is 0. The molecule has 5 nitrogen and oxygen atoms in total. The molecule has 0 amide bonds. The van der Waals surface area contributed by atoms with Crippen molar-refractivity contribution in [3.8, 4) is 11.3 Å². The van der Waals surface area contributed by atoms with E-state index < -0.39 is 0 Å². The van der Waals surface area contributed by atoms with Gasteiger partial charge in [-0.25, -0.2) is 8.91 Å². The summed E-state index contributed by atoms with van der Waals surface area (Å²) in [4.78, 5) is 4.17. The van der Waals surface area contributed by atoms with Gasteiger partial charge in [0.1, 0.15) is 5.52 Å². The average molecular weight is 217 g/mol. The topological polar surface area (TPSA) is 48.0 Å². The highest BCUT2D eigenvalue weighted by Crippen LogP contribution is 2.16. The predicted octanol–water partition coefficient (Wildman–Crippen LogP) is 1.27. The van der Waals surface area contributed by atoms with E-state index in [1.54, 1.807) is 17.1 Å². The van der Waals surface area contributed by atoms with Crippen LogP contribution in [0.25, 0.3) is 16.8 Å². The highest BCUT2D eigenvalue weighted by atomic mass is 19.1. The van der Waals surface area contributed by atoms with Crippen LogP contribution in [0.5, 0.6) is 0 Å². The van der Waals surface area contributed by atoms with Crippen molar-refractivity contribution in [1.29, 1.82) is 0 Å². The van der Waals surface area contributed by atoms with Crippen LogP contribution in [-0.2, 0) is 7.05 Å². The first-order valence-electron chi connectivity index (χ1n) is 4.72. The first kappa shape index (κ1) is 9.02. The van der Waals surface area contributed by atoms with Crippen molar-refractivity contribution >= 4 is 5.52 Å². The molecule has 0 saturated carbocycles. The Hall–Kier alpha value is -2.24. The van der Waals surface area contributed by atoms with Crippen molar-refractivity contribution < 1.29 is 4.39 Å². The molecule has 3 heterocycles. The van der Waals surface area contributed by atoms with Crippen LogP contribution in [0.4, 0.5) is 4.39 Å².